The van der Waals surface area contributed by atoms with E-state index >= 15 is 0 Å². The number of rotatable bonds is 3. The Kier molecular flexibility index (Phi) is 4.16. The Hall–Kier alpha value is -3.34. The van der Waals surface area contributed by atoms with Crippen molar-refractivity contribution in [3.63, 3.8) is 0 Å². The van der Waals surface area contributed by atoms with E-state index in [9.17, 15) is 14.7 Å². The second kappa shape index (κ2) is 6.42. The maximum atomic E-state index is 12.5. The van der Waals surface area contributed by atoms with Crippen molar-refractivity contribution in [1.82, 2.24) is 0 Å². The Morgan fingerprint density at radius 3 is 2.50 bits per heavy atom. The van der Waals surface area contributed by atoms with Crippen LogP contribution < -0.4 is 5.32 Å². The zero-order chi connectivity index (χ0) is 17.1. The molecule has 24 heavy (non-hydrogen) atoms. The lowest BCUT2D eigenvalue weighted by Crippen LogP contribution is -2.13. The van der Waals surface area contributed by atoms with Crippen LogP contribution in [-0.4, -0.2) is 24.1 Å². The van der Waals surface area contributed by atoms with Gasteiger partial charge in [0, 0.05) is 5.56 Å². The van der Waals surface area contributed by atoms with E-state index < -0.39 is 5.97 Å². The van der Waals surface area contributed by atoms with Gasteiger partial charge >= 0.3 is 5.97 Å². The molecule has 0 saturated heterocycles. The van der Waals surface area contributed by atoms with Crippen molar-refractivity contribution in [2.75, 3.05) is 12.4 Å². The smallest absolute Gasteiger partial charge is 0.337 e. The van der Waals surface area contributed by atoms with Gasteiger partial charge in [-0.3, -0.25) is 4.79 Å². The van der Waals surface area contributed by atoms with Gasteiger partial charge < -0.3 is 15.2 Å². The number of benzene rings is 3. The monoisotopic (exact) mass is 321 g/mol. The van der Waals surface area contributed by atoms with Gasteiger partial charge in [-0.1, -0.05) is 36.4 Å². The topological polar surface area (TPSA) is 75.6 Å². The molecule has 0 bridgehead atoms. The molecule has 0 radical (unpaired) electrons. The van der Waals surface area contributed by atoms with Gasteiger partial charge in [0.1, 0.15) is 5.75 Å². The van der Waals surface area contributed by atoms with Crippen LogP contribution >= 0.6 is 0 Å². The minimum atomic E-state index is -0.558. The van der Waals surface area contributed by atoms with Crippen LogP contribution in [0.25, 0.3) is 10.8 Å². The highest BCUT2D eigenvalue weighted by Gasteiger charge is 2.14. The van der Waals surface area contributed by atoms with Crippen molar-refractivity contribution in [1.29, 1.82) is 0 Å². The highest BCUT2D eigenvalue weighted by atomic mass is 16.5. The lowest BCUT2D eigenvalue weighted by molar-refractivity contribution is 0.0600. The molecule has 3 rings (SSSR count). The van der Waals surface area contributed by atoms with Crippen LogP contribution in [0.15, 0.2) is 60.7 Å². The number of ether oxygens (including phenoxy) is 1. The minimum absolute atomic E-state index is 0.202. The Bertz CT molecular complexity index is 928. The van der Waals surface area contributed by atoms with Gasteiger partial charge in [0.2, 0.25) is 0 Å². The van der Waals surface area contributed by atoms with Crippen molar-refractivity contribution in [2.45, 2.75) is 0 Å². The molecule has 0 fully saturated rings. The summed E-state index contributed by atoms with van der Waals surface area (Å²) in [6.45, 7) is 0. The summed E-state index contributed by atoms with van der Waals surface area (Å²) < 4.78 is 4.59. The molecular weight excluding hydrogens is 306 g/mol. The molecule has 0 aliphatic rings. The van der Waals surface area contributed by atoms with E-state index in [0.717, 1.165) is 10.8 Å². The molecule has 0 saturated carbocycles. The average molecular weight is 321 g/mol. The van der Waals surface area contributed by atoms with Gasteiger partial charge in [0.15, 0.2) is 0 Å². The summed E-state index contributed by atoms with van der Waals surface area (Å²) in [7, 11) is 1.26. The van der Waals surface area contributed by atoms with E-state index in [0.29, 0.717) is 5.56 Å². The zero-order valence-electron chi connectivity index (χ0n) is 12.9. The lowest BCUT2D eigenvalue weighted by Gasteiger charge is -2.10. The molecular formula is C19H15NO4. The molecule has 0 heterocycles. The number of hydrogen-bond acceptors (Lipinski definition) is 4. The third-order valence-electron chi connectivity index (χ3n) is 3.70. The zero-order valence-corrected chi connectivity index (χ0v) is 12.9. The number of carbonyl (C=O) groups excluding carboxylic acids is 2. The minimum Gasteiger partial charge on any atom is -0.506 e. The number of amides is 1. The number of hydrogen-bond donors (Lipinski definition) is 2. The van der Waals surface area contributed by atoms with Crippen LogP contribution in [-0.2, 0) is 4.74 Å². The van der Waals surface area contributed by atoms with Crippen LogP contribution in [0.5, 0.6) is 5.75 Å². The maximum absolute atomic E-state index is 12.5. The fourth-order valence-electron chi connectivity index (χ4n) is 2.50. The van der Waals surface area contributed by atoms with Gasteiger partial charge in [0.05, 0.1) is 18.4 Å². The van der Waals surface area contributed by atoms with Gasteiger partial charge in [-0.25, -0.2) is 4.79 Å². The van der Waals surface area contributed by atoms with E-state index in [4.69, 9.17) is 0 Å². The molecule has 120 valence electrons. The quantitative estimate of drug-likeness (QED) is 0.571. The maximum Gasteiger partial charge on any atom is 0.337 e. The van der Waals surface area contributed by atoms with Gasteiger partial charge in [-0.05, 0) is 35.0 Å². The molecule has 0 aliphatic heterocycles. The number of anilines is 1. The second-order valence-corrected chi connectivity index (χ2v) is 5.20. The molecule has 0 unspecified atom stereocenters. The molecule has 3 aromatic rings. The van der Waals surface area contributed by atoms with Crippen molar-refractivity contribution in [3.8, 4) is 5.75 Å². The van der Waals surface area contributed by atoms with Crippen LogP contribution in [0.2, 0.25) is 0 Å². The summed E-state index contributed by atoms with van der Waals surface area (Å²) in [5.41, 5.74) is 0.934. The number of nitrogens with one attached hydrogen (secondary N) is 1. The molecule has 2 N–H and O–H groups in total. The Labute approximate surface area is 138 Å². The fraction of sp³-hybridized carbons (Fsp3) is 0.0526. The molecule has 0 aromatic heterocycles. The number of esters is 1. The van der Waals surface area contributed by atoms with Gasteiger partial charge in [-0.15, -0.1) is 0 Å². The van der Waals surface area contributed by atoms with E-state index in [1.54, 1.807) is 12.1 Å². The average Bonchev–Trinajstić information content (AvgIpc) is 2.62. The second-order valence-electron chi connectivity index (χ2n) is 5.20. The lowest BCUT2D eigenvalue weighted by atomic mass is 10.0. The molecule has 5 heteroatoms. The Morgan fingerprint density at radius 1 is 1.00 bits per heavy atom. The molecule has 0 aliphatic carbocycles. The first-order chi connectivity index (χ1) is 11.6. The van der Waals surface area contributed by atoms with E-state index in [1.165, 1.54) is 25.3 Å². The van der Waals surface area contributed by atoms with E-state index in [1.807, 2.05) is 30.3 Å². The Balaban J connectivity index is 1.91. The van der Waals surface area contributed by atoms with Crippen molar-refractivity contribution in [2.24, 2.45) is 0 Å². The van der Waals surface area contributed by atoms with Gasteiger partial charge in [0.25, 0.3) is 5.91 Å². The predicted molar refractivity (Wildman–Crippen MR) is 91.3 cm³/mol. The molecule has 3 aromatic carbocycles. The number of methoxy groups -OCH3 is 1. The summed E-state index contributed by atoms with van der Waals surface area (Å²) in [4.78, 5) is 24.0. The normalized spacial score (nSPS) is 10.4. The number of carbonyl (C=O) groups is 2. The fourth-order valence-corrected chi connectivity index (χ4v) is 2.50. The van der Waals surface area contributed by atoms with Crippen molar-refractivity contribution < 1.29 is 19.4 Å². The highest BCUT2D eigenvalue weighted by Crippen LogP contribution is 2.26. The van der Waals surface area contributed by atoms with E-state index in [-0.39, 0.29) is 22.9 Å². The van der Waals surface area contributed by atoms with E-state index in [2.05, 4.69) is 10.1 Å². The van der Waals surface area contributed by atoms with Gasteiger partial charge in [-0.2, -0.15) is 0 Å². The summed E-state index contributed by atoms with van der Waals surface area (Å²) in [6.07, 6.45) is 0. The van der Waals surface area contributed by atoms with Crippen molar-refractivity contribution in [3.05, 3.63) is 71.8 Å². The highest BCUT2D eigenvalue weighted by molar-refractivity contribution is 6.13. The standard InChI is InChI=1S/C19H15NO4/c1-24-19(23)13-9-10-16(17(21)11-13)20-18(22)15-8-4-6-12-5-2-3-7-14(12)15/h2-11,21H,1H3,(H,20,22). The summed E-state index contributed by atoms with van der Waals surface area (Å²) in [5, 5.41) is 14.5. The van der Waals surface area contributed by atoms with Crippen LogP contribution in [0.1, 0.15) is 20.7 Å². The number of aromatic hydroxyl groups is 1. The SMILES string of the molecule is COC(=O)c1ccc(NC(=O)c2cccc3ccccc23)c(O)c1. The number of phenolic OH excluding ortho intramolecular Hbond substituents is 1. The van der Waals surface area contributed by atoms with Crippen LogP contribution in [0, 0.1) is 0 Å². The van der Waals surface area contributed by atoms with Crippen molar-refractivity contribution >= 4 is 28.3 Å². The summed E-state index contributed by atoms with van der Waals surface area (Å²) in [6, 6.07) is 17.2. The molecule has 1 amide bonds. The number of fused-ring (bicyclic) bond motifs is 1. The Morgan fingerprint density at radius 2 is 1.75 bits per heavy atom. The first-order valence-corrected chi connectivity index (χ1v) is 7.30. The first kappa shape index (κ1) is 15.6. The molecule has 0 atom stereocenters. The third kappa shape index (κ3) is 2.92. The van der Waals surface area contributed by atoms with Crippen LogP contribution in [0.3, 0.4) is 0 Å². The largest absolute Gasteiger partial charge is 0.506 e. The first-order valence-electron chi connectivity index (χ1n) is 7.30. The summed E-state index contributed by atoms with van der Waals surface area (Å²) >= 11 is 0. The third-order valence-corrected chi connectivity index (χ3v) is 3.70. The van der Waals surface area contributed by atoms with Crippen LogP contribution in [0.4, 0.5) is 5.69 Å². The molecule has 0 spiro atoms. The number of phenols is 1. The predicted octanol–water partition coefficient (Wildman–Crippen LogP) is 3.58. The summed E-state index contributed by atoms with van der Waals surface area (Å²) in [5.74, 6) is -1.10. The molecule has 5 nitrogen and oxygen atoms in total.